The summed E-state index contributed by atoms with van der Waals surface area (Å²) >= 11 is 0. The average molecular weight is 410 g/mol. The second-order valence-corrected chi connectivity index (χ2v) is 7.56. The van der Waals surface area contributed by atoms with Gasteiger partial charge in [0.15, 0.2) is 0 Å². The molecule has 0 saturated heterocycles. The van der Waals surface area contributed by atoms with Gasteiger partial charge < -0.3 is 16.0 Å². The van der Waals surface area contributed by atoms with Crippen LogP contribution in [0.2, 0.25) is 0 Å². The van der Waals surface area contributed by atoms with Crippen LogP contribution in [-0.4, -0.2) is 22.4 Å². The second-order valence-electron chi connectivity index (χ2n) is 7.56. The number of hydrogen-bond donors (Lipinski definition) is 3. The Balaban J connectivity index is 0.00000240. The Hall–Kier alpha value is -3.12. The first-order valence-electron chi connectivity index (χ1n) is 9.30. The summed E-state index contributed by atoms with van der Waals surface area (Å²) in [5.41, 5.74) is 4.78. The van der Waals surface area contributed by atoms with E-state index in [4.69, 9.17) is 0 Å². The molecule has 1 aliphatic heterocycles. The van der Waals surface area contributed by atoms with Crippen LogP contribution < -0.4 is 16.0 Å². The SMILES string of the molecule is CC1(C)CNc2cc(NC(=O)c3cccnc3NCc3ccncc3)ccc21.Cl. The van der Waals surface area contributed by atoms with Gasteiger partial charge in [-0.05, 0) is 47.5 Å². The van der Waals surface area contributed by atoms with Crippen molar-refractivity contribution in [3.05, 3.63) is 77.7 Å². The molecule has 1 aliphatic rings. The van der Waals surface area contributed by atoms with Gasteiger partial charge >= 0.3 is 0 Å². The van der Waals surface area contributed by atoms with E-state index in [9.17, 15) is 4.79 Å². The highest BCUT2D eigenvalue weighted by molar-refractivity contribution is 6.07. The van der Waals surface area contributed by atoms with E-state index in [1.165, 1.54) is 5.56 Å². The minimum Gasteiger partial charge on any atom is -0.384 e. The van der Waals surface area contributed by atoms with E-state index in [0.29, 0.717) is 17.9 Å². The summed E-state index contributed by atoms with van der Waals surface area (Å²) in [5, 5.41) is 9.63. The number of benzene rings is 1. The normalized spacial score (nSPS) is 13.6. The third-order valence-electron chi connectivity index (χ3n) is 4.99. The molecule has 0 fully saturated rings. The molecule has 29 heavy (non-hydrogen) atoms. The number of halogens is 1. The molecule has 150 valence electrons. The highest BCUT2D eigenvalue weighted by Gasteiger charge is 2.29. The van der Waals surface area contributed by atoms with Crippen LogP contribution in [0.5, 0.6) is 0 Å². The molecule has 3 heterocycles. The number of nitrogens with one attached hydrogen (secondary N) is 3. The van der Waals surface area contributed by atoms with Crippen LogP contribution in [-0.2, 0) is 12.0 Å². The van der Waals surface area contributed by atoms with Gasteiger partial charge in [0.05, 0.1) is 5.56 Å². The lowest BCUT2D eigenvalue weighted by atomic mass is 9.87. The van der Waals surface area contributed by atoms with Crippen LogP contribution in [0.3, 0.4) is 0 Å². The third-order valence-corrected chi connectivity index (χ3v) is 4.99. The number of nitrogens with zero attached hydrogens (tertiary/aromatic N) is 2. The van der Waals surface area contributed by atoms with Crippen molar-refractivity contribution in [2.45, 2.75) is 25.8 Å². The molecule has 7 heteroatoms. The fourth-order valence-corrected chi connectivity index (χ4v) is 3.38. The van der Waals surface area contributed by atoms with Gasteiger partial charge in [-0.1, -0.05) is 19.9 Å². The topological polar surface area (TPSA) is 78.9 Å². The zero-order valence-corrected chi connectivity index (χ0v) is 17.2. The van der Waals surface area contributed by atoms with Crippen molar-refractivity contribution in [2.75, 3.05) is 22.5 Å². The number of carbonyl (C=O) groups is 1. The molecule has 0 radical (unpaired) electrons. The maximum atomic E-state index is 12.9. The maximum absolute atomic E-state index is 12.9. The van der Waals surface area contributed by atoms with Gasteiger partial charge in [-0.2, -0.15) is 0 Å². The molecule has 0 saturated carbocycles. The lowest BCUT2D eigenvalue weighted by Gasteiger charge is -2.17. The van der Waals surface area contributed by atoms with Gasteiger partial charge in [0.1, 0.15) is 5.82 Å². The Morgan fingerprint density at radius 2 is 1.93 bits per heavy atom. The highest BCUT2D eigenvalue weighted by atomic mass is 35.5. The average Bonchev–Trinajstić information content (AvgIpc) is 3.01. The van der Waals surface area contributed by atoms with E-state index in [0.717, 1.165) is 23.5 Å². The Morgan fingerprint density at radius 3 is 2.72 bits per heavy atom. The molecule has 0 bridgehead atoms. The van der Waals surface area contributed by atoms with Crippen molar-refractivity contribution in [3.8, 4) is 0 Å². The molecule has 3 aromatic rings. The number of rotatable bonds is 5. The van der Waals surface area contributed by atoms with Crippen molar-refractivity contribution < 1.29 is 4.79 Å². The molecule has 0 aliphatic carbocycles. The first-order chi connectivity index (χ1) is 13.5. The Kier molecular flexibility index (Phi) is 6.03. The number of fused-ring (bicyclic) bond motifs is 1. The van der Waals surface area contributed by atoms with Crippen LogP contribution in [0.4, 0.5) is 17.2 Å². The van der Waals surface area contributed by atoms with Gasteiger partial charge in [-0.15, -0.1) is 12.4 Å². The first-order valence-corrected chi connectivity index (χ1v) is 9.30. The molecule has 1 aromatic carbocycles. The van der Waals surface area contributed by atoms with E-state index < -0.39 is 0 Å². The van der Waals surface area contributed by atoms with Crippen LogP contribution >= 0.6 is 12.4 Å². The molecule has 0 unspecified atom stereocenters. The third kappa shape index (κ3) is 4.49. The second kappa shape index (κ2) is 8.49. The predicted molar refractivity (Wildman–Crippen MR) is 119 cm³/mol. The van der Waals surface area contributed by atoms with E-state index in [-0.39, 0.29) is 23.7 Å². The summed E-state index contributed by atoms with van der Waals surface area (Å²) in [6.45, 7) is 5.88. The lowest BCUT2D eigenvalue weighted by Crippen LogP contribution is -2.18. The summed E-state index contributed by atoms with van der Waals surface area (Å²) in [6.07, 6.45) is 5.16. The summed E-state index contributed by atoms with van der Waals surface area (Å²) in [7, 11) is 0. The highest BCUT2D eigenvalue weighted by Crippen LogP contribution is 2.37. The van der Waals surface area contributed by atoms with Crippen molar-refractivity contribution >= 4 is 35.5 Å². The van der Waals surface area contributed by atoms with Crippen LogP contribution in [0.25, 0.3) is 0 Å². The molecule has 1 amide bonds. The Labute approximate surface area is 176 Å². The zero-order valence-electron chi connectivity index (χ0n) is 16.4. The minimum absolute atomic E-state index is 0. The molecule has 6 nitrogen and oxygen atoms in total. The number of amides is 1. The van der Waals surface area contributed by atoms with E-state index in [1.54, 1.807) is 30.7 Å². The Bertz CT molecular complexity index is 1010. The van der Waals surface area contributed by atoms with Gasteiger partial charge in [0.25, 0.3) is 5.91 Å². The summed E-state index contributed by atoms with van der Waals surface area (Å²) in [4.78, 5) is 21.2. The van der Waals surface area contributed by atoms with E-state index in [1.807, 2.05) is 24.3 Å². The maximum Gasteiger partial charge on any atom is 0.259 e. The Morgan fingerprint density at radius 1 is 1.14 bits per heavy atom. The lowest BCUT2D eigenvalue weighted by molar-refractivity contribution is 0.102. The van der Waals surface area contributed by atoms with Crippen molar-refractivity contribution in [1.82, 2.24) is 9.97 Å². The zero-order chi connectivity index (χ0) is 19.6. The molecular formula is C22H24ClN5O. The van der Waals surface area contributed by atoms with Crippen LogP contribution in [0.15, 0.2) is 61.1 Å². The van der Waals surface area contributed by atoms with Gasteiger partial charge in [0.2, 0.25) is 0 Å². The summed E-state index contributed by atoms with van der Waals surface area (Å²) in [5.74, 6) is 0.361. The molecule has 4 rings (SSSR count). The first kappa shape index (κ1) is 20.6. The number of aromatic nitrogens is 2. The fraction of sp³-hybridized carbons (Fsp3) is 0.227. The van der Waals surface area contributed by atoms with Crippen molar-refractivity contribution in [2.24, 2.45) is 0 Å². The minimum atomic E-state index is -0.192. The van der Waals surface area contributed by atoms with Gasteiger partial charge in [-0.25, -0.2) is 4.98 Å². The van der Waals surface area contributed by atoms with Crippen LogP contribution in [0.1, 0.15) is 35.3 Å². The van der Waals surface area contributed by atoms with E-state index >= 15 is 0 Å². The van der Waals surface area contributed by atoms with Gasteiger partial charge in [0, 0.05) is 48.5 Å². The summed E-state index contributed by atoms with van der Waals surface area (Å²) < 4.78 is 0. The standard InChI is InChI=1S/C22H23N5O.ClH/c1-22(2)14-26-19-12-16(5-6-18(19)22)27-21(28)17-4-3-9-24-20(17)25-13-15-7-10-23-11-8-15;/h3-12,26H,13-14H2,1-2H3,(H,24,25)(H,27,28);1H. The molecular weight excluding hydrogens is 386 g/mol. The van der Waals surface area contributed by atoms with Gasteiger partial charge in [-0.3, -0.25) is 9.78 Å². The fourth-order valence-electron chi connectivity index (χ4n) is 3.38. The monoisotopic (exact) mass is 409 g/mol. The quantitative estimate of drug-likeness (QED) is 0.579. The molecule has 2 aromatic heterocycles. The summed E-state index contributed by atoms with van der Waals surface area (Å²) in [6, 6.07) is 13.4. The number of hydrogen-bond acceptors (Lipinski definition) is 5. The molecule has 0 atom stereocenters. The van der Waals surface area contributed by atoms with Crippen molar-refractivity contribution in [3.63, 3.8) is 0 Å². The van der Waals surface area contributed by atoms with Crippen molar-refractivity contribution in [1.29, 1.82) is 0 Å². The largest absolute Gasteiger partial charge is 0.384 e. The van der Waals surface area contributed by atoms with Crippen LogP contribution in [0, 0.1) is 0 Å². The predicted octanol–water partition coefficient (Wildman–Crippen LogP) is 4.47. The smallest absolute Gasteiger partial charge is 0.259 e. The number of carbonyl (C=O) groups excluding carboxylic acids is 1. The number of anilines is 3. The van der Waals surface area contributed by atoms with E-state index in [2.05, 4.69) is 45.8 Å². The number of pyridine rings is 2. The molecule has 3 N–H and O–H groups in total. The molecule has 0 spiro atoms.